The number of para-hydroxylation sites is 1. The minimum atomic E-state index is -0.508. The Bertz CT molecular complexity index is 837. The van der Waals surface area contributed by atoms with Gasteiger partial charge in [-0.25, -0.2) is 0 Å². The molecule has 7 nitrogen and oxygen atoms in total. The lowest BCUT2D eigenvalue weighted by atomic mass is 10.1. The maximum absolute atomic E-state index is 12.8. The van der Waals surface area contributed by atoms with E-state index in [1.165, 1.54) is 0 Å². The predicted octanol–water partition coefficient (Wildman–Crippen LogP) is 1.60. The van der Waals surface area contributed by atoms with Gasteiger partial charge >= 0.3 is 0 Å². The number of ether oxygens (including phenoxy) is 1. The number of nitrogens with zero attached hydrogens (tertiary/aromatic N) is 2. The fourth-order valence-corrected chi connectivity index (χ4v) is 3.42. The van der Waals surface area contributed by atoms with Crippen LogP contribution in [0.5, 0.6) is 0 Å². The van der Waals surface area contributed by atoms with Gasteiger partial charge in [-0.2, -0.15) is 0 Å². The summed E-state index contributed by atoms with van der Waals surface area (Å²) in [5.41, 5.74) is 1.11. The van der Waals surface area contributed by atoms with E-state index in [0.717, 1.165) is 24.8 Å². The van der Waals surface area contributed by atoms with E-state index >= 15 is 0 Å². The third-order valence-electron chi connectivity index (χ3n) is 4.81. The molecule has 0 aliphatic carbocycles. The molecule has 0 unspecified atom stereocenters. The highest BCUT2D eigenvalue weighted by Gasteiger charge is 2.27. The van der Waals surface area contributed by atoms with Gasteiger partial charge in [0.1, 0.15) is 6.54 Å². The Morgan fingerprint density at radius 2 is 1.85 bits per heavy atom. The fourth-order valence-electron chi connectivity index (χ4n) is 3.42. The third-order valence-corrected chi connectivity index (χ3v) is 4.81. The number of piperidine rings is 1. The molecule has 1 aliphatic heterocycles. The number of rotatable bonds is 7. The van der Waals surface area contributed by atoms with Crippen molar-refractivity contribution < 1.29 is 19.1 Å². The highest BCUT2D eigenvalue weighted by molar-refractivity contribution is 6.44. The number of ketones is 1. The Kier molecular flexibility index (Phi) is 6.24. The number of aromatic nitrogens is 1. The molecule has 3 rings (SSSR count). The Morgan fingerprint density at radius 1 is 1.11 bits per heavy atom. The summed E-state index contributed by atoms with van der Waals surface area (Å²) in [6, 6.07) is 7.33. The van der Waals surface area contributed by atoms with Crippen LogP contribution in [0.2, 0.25) is 0 Å². The second-order valence-corrected chi connectivity index (χ2v) is 6.71. The number of amides is 2. The van der Waals surface area contributed by atoms with E-state index in [0.29, 0.717) is 37.2 Å². The van der Waals surface area contributed by atoms with Gasteiger partial charge in [0.25, 0.3) is 11.7 Å². The number of carbonyl (C=O) groups is 3. The van der Waals surface area contributed by atoms with Gasteiger partial charge in [-0.1, -0.05) is 18.2 Å². The zero-order valence-electron chi connectivity index (χ0n) is 15.6. The minimum absolute atomic E-state index is 0.0788. The molecule has 1 aromatic carbocycles. The maximum Gasteiger partial charge on any atom is 0.295 e. The summed E-state index contributed by atoms with van der Waals surface area (Å²) in [5.74, 6) is -1.14. The van der Waals surface area contributed by atoms with Crippen LogP contribution >= 0.6 is 0 Å². The van der Waals surface area contributed by atoms with E-state index in [1.54, 1.807) is 22.8 Å². The number of hydrogen-bond donors (Lipinski definition) is 1. The highest BCUT2D eigenvalue weighted by Crippen LogP contribution is 2.23. The van der Waals surface area contributed by atoms with Crippen molar-refractivity contribution in [1.29, 1.82) is 0 Å². The molecule has 7 heteroatoms. The van der Waals surface area contributed by atoms with Crippen molar-refractivity contribution in [3.63, 3.8) is 0 Å². The molecule has 1 aromatic heterocycles. The smallest absolute Gasteiger partial charge is 0.295 e. The summed E-state index contributed by atoms with van der Waals surface area (Å²) in [6.45, 7) is 2.20. The van der Waals surface area contributed by atoms with Crippen molar-refractivity contribution in [1.82, 2.24) is 14.8 Å². The molecule has 1 saturated heterocycles. The molecule has 0 bridgehead atoms. The van der Waals surface area contributed by atoms with Gasteiger partial charge in [0.2, 0.25) is 5.91 Å². The van der Waals surface area contributed by atoms with Gasteiger partial charge in [0.05, 0.1) is 12.2 Å². The summed E-state index contributed by atoms with van der Waals surface area (Å²) in [5, 5.41) is 3.46. The van der Waals surface area contributed by atoms with Crippen LogP contribution in [0, 0.1) is 0 Å². The van der Waals surface area contributed by atoms with Gasteiger partial charge in [-0.15, -0.1) is 0 Å². The van der Waals surface area contributed by atoms with Crippen LogP contribution in [-0.4, -0.2) is 60.4 Å². The predicted molar refractivity (Wildman–Crippen MR) is 102 cm³/mol. The van der Waals surface area contributed by atoms with E-state index in [1.807, 2.05) is 24.3 Å². The SMILES string of the molecule is COCCNC(=O)Cn1cc(C(=O)C(=O)N2CCCCC2)c2ccccc21. The van der Waals surface area contributed by atoms with Crippen LogP contribution < -0.4 is 5.32 Å². The number of hydrogen-bond acceptors (Lipinski definition) is 4. The lowest BCUT2D eigenvalue weighted by molar-refractivity contribution is -0.127. The summed E-state index contributed by atoms with van der Waals surface area (Å²) in [7, 11) is 1.57. The molecule has 2 amide bonds. The second kappa shape index (κ2) is 8.81. The van der Waals surface area contributed by atoms with Crippen molar-refractivity contribution in [2.75, 3.05) is 33.4 Å². The van der Waals surface area contributed by atoms with Crippen molar-refractivity contribution >= 4 is 28.5 Å². The Hall–Kier alpha value is -2.67. The van der Waals surface area contributed by atoms with Gasteiger partial charge in [-0.05, 0) is 25.3 Å². The van der Waals surface area contributed by atoms with Crippen molar-refractivity contribution in [3.05, 3.63) is 36.0 Å². The third kappa shape index (κ3) is 4.36. The zero-order chi connectivity index (χ0) is 19.2. The molecular weight excluding hydrogens is 346 g/mol. The minimum Gasteiger partial charge on any atom is -0.383 e. The molecule has 27 heavy (non-hydrogen) atoms. The number of nitrogens with one attached hydrogen (secondary N) is 1. The number of Topliss-reactive ketones (excluding diaryl/α,β-unsaturated/α-hetero) is 1. The number of methoxy groups -OCH3 is 1. The van der Waals surface area contributed by atoms with Crippen LogP contribution in [0.1, 0.15) is 29.6 Å². The van der Waals surface area contributed by atoms with Gasteiger partial charge in [0.15, 0.2) is 0 Å². The van der Waals surface area contributed by atoms with E-state index in [4.69, 9.17) is 4.74 Å². The number of benzene rings is 1. The van der Waals surface area contributed by atoms with Crippen LogP contribution in [0.25, 0.3) is 10.9 Å². The van der Waals surface area contributed by atoms with E-state index in [9.17, 15) is 14.4 Å². The average molecular weight is 371 g/mol. The van der Waals surface area contributed by atoms with Crippen molar-refractivity contribution in [3.8, 4) is 0 Å². The molecule has 0 radical (unpaired) electrons. The molecular formula is C20H25N3O4. The van der Waals surface area contributed by atoms with Gasteiger partial charge in [-0.3, -0.25) is 14.4 Å². The number of fused-ring (bicyclic) bond motifs is 1. The molecule has 0 saturated carbocycles. The first-order valence-corrected chi connectivity index (χ1v) is 9.29. The maximum atomic E-state index is 12.8. The molecule has 1 aliphatic rings. The van der Waals surface area contributed by atoms with Crippen LogP contribution in [0.3, 0.4) is 0 Å². The van der Waals surface area contributed by atoms with E-state index < -0.39 is 11.7 Å². The molecule has 1 N–H and O–H groups in total. The van der Waals surface area contributed by atoms with Crippen molar-refractivity contribution in [2.24, 2.45) is 0 Å². The first-order valence-electron chi connectivity index (χ1n) is 9.29. The topological polar surface area (TPSA) is 80.6 Å². The normalized spacial score (nSPS) is 14.3. The molecule has 2 aromatic rings. The number of likely N-dealkylation sites (tertiary alicyclic amines) is 1. The van der Waals surface area contributed by atoms with Crippen LogP contribution in [0.4, 0.5) is 0 Å². The second-order valence-electron chi connectivity index (χ2n) is 6.71. The molecule has 2 heterocycles. The summed E-state index contributed by atoms with van der Waals surface area (Å²) in [4.78, 5) is 39.2. The van der Waals surface area contributed by atoms with Gasteiger partial charge in [0, 0.05) is 43.8 Å². The summed E-state index contributed by atoms with van der Waals surface area (Å²) >= 11 is 0. The first-order chi connectivity index (χ1) is 13.1. The van der Waals surface area contributed by atoms with Crippen molar-refractivity contribution in [2.45, 2.75) is 25.8 Å². The largest absolute Gasteiger partial charge is 0.383 e. The lowest BCUT2D eigenvalue weighted by Gasteiger charge is -2.25. The van der Waals surface area contributed by atoms with Gasteiger partial charge < -0.3 is 19.5 Å². The first kappa shape index (κ1) is 19.1. The van der Waals surface area contributed by atoms with E-state index in [-0.39, 0.29) is 12.5 Å². The Labute approximate surface area is 158 Å². The standard InChI is InChI=1S/C20H25N3O4/c1-27-12-9-21-18(24)14-23-13-16(15-7-3-4-8-17(15)23)19(25)20(26)22-10-5-2-6-11-22/h3-4,7-8,13H,2,5-6,9-12,14H2,1H3,(H,21,24). The Balaban J connectivity index is 1.82. The summed E-state index contributed by atoms with van der Waals surface area (Å²) in [6.07, 6.45) is 4.57. The summed E-state index contributed by atoms with van der Waals surface area (Å²) < 4.78 is 6.64. The fraction of sp³-hybridized carbons (Fsp3) is 0.450. The molecule has 1 fully saturated rings. The highest BCUT2D eigenvalue weighted by atomic mass is 16.5. The molecule has 0 atom stereocenters. The average Bonchev–Trinajstić information content (AvgIpc) is 3.06. The number of carbonyl (C=O) groups excluding carboxylic acids is 3. The molecule has 144 valence electrons. The van der Waals surface area contributed by atoms with E-state index in [2.05, 4.69) is 5.32 Å². The van der Waals surface area contributed by atoms with Crippen LogP contribution in [0.15, 0.2) is 30.5 Å². The van der Waals surface area contributed by atoms with Crippen LogP contribution in [-0.2, 0) is 20.9 Å². The lowest BCUT2D eigenvalue weighted by Crippen LogP contribution is -2.40. The quantitative estimate of drug-likeness (QED) is 0.455. The monoisotopic (exact) mass is 371 g/mol. The zero-order valence-corrected chi connectivity index (χ0v) is 15.6. The molecule has 0 spiro atoms. The Morgan fingerprint density at radius 3 is 2.59 bits per heavy atom.